The van der Waals surface area contributed by atoms with Gasteiger partial charge >= 0.3 is 16.5 Å². The van der Waals surface area contributed by atoms with Crippen LogP contribution >= 0.6 is 0 Å². The summed E-state index contributed by atoms with van der Waals surface area (Å²) < 4.78 is 69.9. The number of nitrogens with one attached hydrogen (secondary N) is 1. The monoisotopic (exact) mass is 521 g/mol. The highest BCUT2D eigenvalue weighted by molar-refractivity contribution is 7.86. The van der Waals surface area contributed by atoms with Gasteiger partial charge in [0.15, 0.2) is 5.54 Å². The molecular formula is C24H22F3N3O5S. The molecule has 1 fully saturated rings. The number of carbonyl (C=O) groups excluding carboxylic acids is 1. The molecule has 0 aliphatic carbocycles. The van der Waals surface area contributed by atoms with Gasteiger partial charge in [-0.2, -0.15) is 8.42 Å². The molecule has 2 unspecified atom stereocenters. The molecule has 1 saturated heterocycles. The van der Waals surface area contributed by atoms with Crippen LogP contribution in [0.15, 0.2) is 72.8 Å². The van der Waals surface area contributed by atoms with Crippen LogP contribution in [0.5, 0.6) is 11.5 Å². The third kappa shape index (κ3) is 5.15. The topological polar surface area (TPSA) is 111 Å². The van der Waals surface area contributed by atoms with Crippen molar-refractivity contribution in [2.75, 3.05) is 13.3 Å². The van der Waals surface area contributed by atoms with Crippen LogP contribution in [0.3, 0.4) is 0 Å². The number of rotatable bonds is 6. The van der Waals surface area contributed by atoms with E-state index >= 15 is 0 Å². The van der Waals surface area contributed by atoms with E-state index < -0.39 is 28.3 Å². The van der Waals surface area contributed by atoms with E-state index in [1.807, 2.05) is 0 Å². The third-order valence-corrected chi connectivity index (χ3v) is 6.15. The lowest BCUT2D eigenvalue weighted by atomic mass is 9.81. The molecule has 1 heterocycles. The van der Waals surface area contributed by atoms with E-state index in [4.69, 9.17) is 9.92 Å². The van der Waals surface area contributed by atoms with Gasteiger partial charge in [0.2, 0.25) is 0 Å². The van der Waals surface area contributed by atoms with Gasteiger partial charge in [-0.05, 0) is 52.6 Å². The standard InChI is InChI=1S/C24H22F3N3O5S/c1-30-21(31)23(29-22(30)28,17-9-11-19(12-10-17)35-36(2,32)33)18-7-3-5-15(13-18)16-6-4-8-20(14-16)34-24(25,26)27/h3-14,22,29H,28H2,1-2H3. The van der Waals surface area contributed by atoms with Gasteiger partial charge in [-0.25, -0.2) is 0 Å². The van der Waals surface area contributed by atoms with Crippen LogP contribution in [0.25, 0.3) is 11.1 Å². The van der Waals surface area contributed by atoms with Crippen LogP contribution in [0, 0.1) is 0 Å². The maximum absolute atomic E-state index is 13.5. The summed E-state index contributed by atoms with van der Waals surface area (Å²) in [6.45, 7) is 0. The van der Waals surface area contributed by atoms with Crippen LogP contribution in [-0.2, 0) is 20.5 Å². The Kier molecular flexibility index (Phi) is 6.45. The highest BCUT2D eigenvalue weighted by Gasteiger charge is 2.51. The molecule has 190 valence electrons. The normalized spacial score (nSPS) is 20.4. The van der Waals surface area contributed by atoms with E-state index in [2.05, 4.69) is 10.1 Å². The second kappa shape index (κ2) is 9.12. The average molecular weight is 522 g/mol. The highest BCUT2D eigenvalue weighted by atomic mass is 32.2. The van der Waals surface area contributed by atoms with E-state index in [1.54, 1.807) is 42.5 Å². The molecule has 3 N–H and O–H groups in total. The van der Waals surface area contributed by atoms with Crippen LogP contribution in [0.4, 0.5) is 13.2 Å². The van der Waals surface area contributed by atoms with E-state index in [1.165, 1.54) is 42.3 Å². The predicted molar refractivity (Wildman–Crippen MR) is 125 cm³/mol. The number of amides is 1. The Balaban J connectivity index is 1.80. The molecule has 1 aliphatic heterocycles. The molecule has 3 aromatic carbocycles. The van der Waals surface area contributed by atoms with Gasteiger partial charge < -0.3 is 13.8 Å². The molecule has 8 nitrogen and oxygen atoms in total. The number of hydrogen-bond acceptors (Lipinski definition) is 7. The first-order valence-electron chi connectivity index (χ1n) is 10.6. The Hall–Kier alpha value is -3.61. The summed E-state index contributed by atoms with van der Waals surface area (Å²) in [5, 5.41) is 3.11. The van der Waals surface area contributed by atoms with E-state index in [9.17, 15) is 26.4 Å². The van der Waals surface area contributed by atoms with Crippen molar-refractivity contribution in [2.45, 2.75) is 18.2 Å². The van der Waals surface area contributed by atoms with Crippen LogP contribution in [0.2, 0.25) is 0 Å². The van der Waals surface area contributed by atoms with Gasteiger partial charge in [0.1, 0.15) is 17.8 Å². The molecule has 1 aliphatic rings. The van der Waals surface area contributed by atoms with Crippen molar-refractivity contribution in [3.8, 4) is 22.6 Å². The van der Waals surface area contributed by atoms with Crippen molar-refractivity contribution >= 4 is 16.0 Å². The van der Waals surface area contributed by atoms with Gasteiger partial charge in [-0.3, -0.25) is 15.8 Å². The minimum atomic E-state index is -4.83. The minimum Gasteiger partial charge on any atom is -0.406 e. The number of nitrogens with two attached hydrogens (primary N) is 1. The quantitative estimate of drug-likeness (QED) is 0.480. The first kappa shape index (κ1) is 25.5. The molecule has 12 heteroatoms. The molecule has 0 bridgehead atoms. The summed E-state index contributed by atoms with van der Waals surface area (Å²) in [6.07, 6.45) is -4.76. The lowest BCUT2D eigenvalue weighted by molar-refractivity contribution is -0.274. The molecule has 1 amide bonds. The molecule has 2 atom stereocenters. The summed E-state index contributed by atoms with van der Waals surface area (Å²) in [7, 11) is -2.22. The Bertz CT molecular complexity index is 1400. The summed E-state index contributed by atoms with van der Waals surface area (Å²) in [6, 6.07) is 18.1. The molecule has 0 radical (unpaired) electrons. The van der Waals surface area contributed by atoms with Crippen molar-refractivity contribution in [2.24, 2.45) is 5.73 Å². The molecule has 0 aromatic heterocycles. The number of halogens is 3. The van der Waals surface area contributed by atoms with E-state index in [-0.39, 0.29) is 17.4 Å². The molecular weight excluding hydrogens is 499 g/mol. The molecule has 0 spiro atoms. The molecule has 36 heavy (non-hydrogen) atoms. The number of alkyl halides is 3. The first-order valence-corrected chi connectivity index (χ1v) is 12.4. The SMILES string of the molecule is CN1C(=O)C(c2ccc(OS(C)(=O)=O)cc2)(c2cccc(-c3cccc(OC(F)(F)F)c3)c2)NC1N. The number of nitrogens with zero attached hydrogens (tertiary/aromatic N) is 1. The zero-order valence-corrected chi connectivity index (χ0v) is 19.9. The summed E-state index contributed by atoms with van der Waals surface area (Å²) in [5.41, 5.74) is 6.58. The third-order valence-electron chi connectivity index (χ3n) is 5.65. The minimum absolute atomic E-state index is 0.0646. The van der Waals surface area contributed by atoms with Crippen molar-refractivity contribution in [1.29, 1.82) is 0 Å². The van der Waals surface area contributed by atoms with Gasteiger partial charge in [-0.15, -0.1) is 13.2 Å². The summed E-state index contributed by atoms with van der Waals surface area (Å²) in [5.74, 6) is -0.689. The average Bonchev–Trinajstić information content (AvgIpc) is 3.02. The van der Waals surface area contributed by atoms with E-state index in [0.29, 0.717) is 22.3 Å². The second-order valence-electron chi connectivity index (χ2n) is 8.22. The van der Waals surface area contributed by atoms with Gasteiger partial charge in [0.05, 0.1) is 6.26 Å². The Morgan fingerprint density at radius 2 is 1.56 bits per heavy atom. The first-order chi connectivity index (χ1) is 16.8. The van der Waals surface area contributed by atoms with Gasteiger partial charge in [0, 0.05) is 7.05 Å². The summed E-state index contributed by atoms with van der Waals surface area (Å²) >= 11 is 0. The van der Waals surface area contributed by atoms with Crippen LogP contribution < -0.4 is 20.0 Å². The molecule has 0 saturated carbocycles. The maximum Gasteiger partial charge on any atom is 0.573 e. The fraction of sp³-hybridized carbons (Fsp3) is 0.208. The smallest absolute Gasteiger partial charge is 0.406 e. The van der Waals surface area contributed by atoms with Gasteiger partial charge in [-0.1, -0.05) is 42.5 Å². The predicted octanol–water partition coefficient (Wildman–Crippen LogP) is 3.14. The maximum atomic E-state index is 13.5. The fourth-order valence-corrected chi connectivity index (χ4v) is 4.55. The Morgan fingerprint density at radius 1 is 0.944 bits per heavy atom. The van der Waals surface area contributed by atoms with Crippen molar-refractivity contribution in [1.82, 2.24) is 10.2 Å². The molecule has 3 aromatic rings. The lowest BCUT2D eigenvalue weighted by Crippen LogP contribution is -2.48. The fourth-order valence-electron chi connectivity index (χ4n) is 4.09. The second-order valence-corrected chi connectivity index (χ2v) is 9.80. The van der Waals surface area contributed by atoms with Crippen LogP contribution in [-0.4, -0.2) is 45.2 Å². The number of likely N-dealkylation sites (N-methyl/N-ethyl adjacent to an activating group) is 1. The number of ether oxygens (including phenoxy) is 1. The Labute approximate surface area is 205 Å². The van der Waals surface area contributed by atoms with Crippen LogP contribution in [0.1, 0.15) is 11.1 Å². The Morgan fingerprint density at radius 3 is 2.11 bits per heavy atom. The number of hydrogen-bond donors (Lipinski definition) is 2. The highest BCUT2D eigenvalue weighted by Crippen LogP contribution is 2.39. The number of carbonyl (C=O) groups is 1. The van der Waals surface area contributed by atoms with Crippen molar-refractivity contribution in [3.05, 3.63) is 83.9 Å². The number of benzene rings is 3. The molecule has 4 rings (SSSR count). The lowest BCUT2D eigenvalue weighted by Gasteiger charge is -2.29. The van der Waals surface area contributed by atoms with Crippen molar-refractivity contribution < 1.29 is 35.3 Å². The van der Waals surface area contributed by atoms with Gasteiger partial charge in [0.25, 0.3) is 5.91 Å². The van der Waals surface area contributed by atoms with Crippen molar-refractivity contribution in [3.63, 3.8) is 0 Å². The zero-order valence-electron chi connectivity index (χ0n) is 19.1. The summed E-state index contributed by atoms with van der Waals surface area (Å²) in [4.78, 5) is 14.8. The van der Waals surface area contributed by atoms with E-state index in [0.717, 1.165) is 6.26 Å². The largest absolute Gasteiger partial charge is 0.573 e. The zero-order chi connectivity index (χ0) is 26.3.